The molecular weight excluding hydrogens is 256 g/mol. The minimum absolute atomic E-state index is 0.00704. The standard InChI is InChI=1S/C19H16N2/c1-3-9-17(10-4-1)19(18-11-5-2-6-12-18)21-15-16-8-7-13-20-14-16/h1-15,19H/b21-15+. The molecule has 21 heavy (non-hydrogen) atoms. The van der Waals surface area contributed by atoms with Crippen LogP contribution in [0.2, 0.25) is 0 Å². The van der Waals surface area contributed by atoms with Crippen LogP contribution in [0.15, 0.2) is 90.2 Å². The maximum Gasteiger partial charge on any atom is 0.0999 e. The van der Waals surface area contributed by atoms with E-state index in [9.17, 15) is 0 Å². The Morgan fingerprint density at radius 3 is 1.90 bits per heavy atom. The summed E-state index contributed by atoms with van der Waals surface area (Å²) < 4.78 is 0. The SMILES string of the molecule is C(=N\C(c1ccccc1)c1ccccc1)/c1cccnc1. The van der Waals surface area contributed by atoms with Gasteiger partial charge < -0.3 is 0 Å². The summed E-state index contributed by atoms with van der Waals surface area (Å²) >= 11 is 0. The van der Waals surface area contributed by atoms with E-state index in [4.69, 9.17) is 4.99 Å². The van der Waals surface area contributed by atoms with E-state index < -0.39 is 0 Å². The summed E-state index contributed by atoms with van der Waals surface area (Å²) in [6, 6.07) is 24.6. The minimum Gasteiger partial charge on any atom is -0.280 e. The van der Waals surface area contributed by atoms with Gasteiger partial charge in [0, 0.05) is 24.2 Å². The molecule has 3 rings (SSSR count). The Labute approximate surface area is 124 Å². The quantitative estimate of drug-likeness (QED) is 0.650. The molecule has 1 aromatic heterocycles. The van der Waals surface area contributed by atoms with E-state index >= 15 is 0 Å². The Balaban J connectivity index is 1.96. The first-order valence-electron chi connectivity index (χ1n) is 6.96. The van der Waals surface area contributed by atoms with E-state index in [1.807, 2.05) is 60.9 Å². The normalized spacial score (nSPS) is 11.1. The minimum atomic E-state index is 0.00704. The van der Waals surface area contributed by atoms with Crippen molar-refractivity contribution in [2.45, 2.75) is 6.04 Å². The molecule has 0 fully saturated rings. The van der Waals surface area contributed by atoms with Crippen molar-refractivity contribution < 1.29 is 0 Å². The fourth-order valence-corrected chi connectivity index (χ4v) is 2.25. The highest BCUT2D eigenvalue weighted by Gasteiger charge is 2.11. The maximum absolute atomic E-state index is 4.77. The van der Waals surface area contributed by atoms with Gasteiger partial charge in [0.05, 0.1) is 6.04 Å². The predicted octanol–water partition coefficient (Wildman–Crippen LogP) is 4.29. The van der Waals surface area contributed by atoms with Gasteiger partial charge in [-0.1, -0.05) is 66.7 Å². The molecule has 0 aliphatic heterocycles. The third-order valence-electron chi connectivity index (χ3n) is 3.29. The smallest absolute Gasteiger partial charge is 0.0999 e. The molecule has 0 aliphatic carbocycles. The van der Waals surface area contributed by atoms with E-state index in [0.29, 0.717) is 0 Å². The molecule has 0 aliphatic rings. The molecule has 0 radical (unpaired) electrons. The molecule has 0 saturated carbocycles. The zero-order valence-corrected chi connectivity index (χ0v) is 11.6. The fourth-order valence-electron chi connectivity index (χ4n) is 2.25. The van der Waals surface area contributed by atoms with Gasteiger partial charge in [0.2, 0.25) is 0 Å². The van der Waals surface area contributed by atoms with Crippen LogP contribution in [0.25, 0.3) is 0 Å². The molecule has 2 nitrogen and oxygen atoms in total. The molecule has 102 valence electrons. The number of aromatic nitrogens is 1. The summed E-state index contributed by atoms with van der Waals surface area (Å²) in [5, 5.41) is 0. The lowest BCUT2D eigenvalue weighted by Crippen LogP contribution is -1.98. The average Bonchev–Trinajstić information content (AvgIpc) is 2.58. The monoisotopic (exact) mass is 272 g/mol. The number of nitrogens with zero attached hydrogens (tertiary/aromatic N) is 2. The van der Waals surface area contributed by atoms with Gasteiger partial charge in [-0.3, -0.25) is 9.98 Å². The second kappa shape index (κ2) is 6.62. The van der Waals surface area contributed by atoms with Crippen LogP contribution in [0.1, 0.15) is 22.7 Å². The highest BCUT2D eigenvalue weighted by Crippen LogP contribution is 2.25. The Kier molecular flexibility index (Phi) is 4.18. The van der Waals surface area contributed by atoms with Crippen molar-refractivity contribution in [1.82, 2.24) is 4.98 Å². The molecule has 0 bridgehead atoms. The van der Waals surface area contributed by atoms with Crippen molar-refractivity contribution in [2.24, 2.45) is 4.99 Å². The molecule has 0 saturated heterocycles. The first kappa shape index (κ1) is 13.3. The Bertz CT molecular complexity index is 652. The highest BCUT2D eigenvalue weighted by molar-refractivity contribution is 5.79. The van der Waals surface area contributed by atoms with Crippen molar-refractivity contribution >= 4 is 6.21 Å². The number of benzene rings is 2. The first-order chi connectivity index (χ1) is 10.4. The van der Waals surface area contributed by atoms with Gasteiger partial charge in [0.25, 0.3) is 0 Å². The lowest BCUT2D eigenvalue weighted by atomic mass is 9.99. The summed E-state index contributed by atoms with van der Waals surface area (Å²) in [6.45, 7) is 0. The van der Waals surface area contributed by atoms with Crippen molar-refractivity contribution in [2.75, 3.05) is 0 Å². The van der Waals surface area contributed by atoms with Gasteiger partial charge >= 0.3 is 0 Å². The van der Waals surface area contributed by atoms with Crippen LogP contribution < -0.4 is 0 Å². The number of hydrogen-bond donors (Lipinski definition) is 0. The van der Waals surface area contributed by atoms with Crippen molar-refractivity contribution in [3.05, 3.63) is 102 Å². The largest absolute Gasteiger partial charge is 0.280 e. The number of hydrogen-bond acceptors (Lipinski definition) is 2. The van der Waals surface area contributed by atoms with Gasteiger partial charge in [-0.25, -0.2) is 0 Å². The molecule has 2 aromatic carbocycles. The number of rotatable bonds is 4. The van der Waals surface area contributed by atoms with Crippen LogP contribution >= 0.6 is 0 Å². The summed E-state index contributed by atoms with van der Waals surface area (Å²) in [4.78, 5) is 8.89. The van der Waals surface area contributed by atoms with E-state index in [1.54, 1.807) is 6.20 Å². The van der Waals surface area contributed by atoms with E-state index in [2.05, 4.69) is 29.2 Å². The lowest BCUT2D eigenvalue weighted by molar-refractivity contribution is 0.878. The molecule has 2 heteroatoms. The molecule has 0 spiro atoms. The summed E-state index contributed by atoms with van der Waals surface area (Å²) in [5.41, 5.74) is 3.38. The average molecular weight is 272 g/mol. The van der Waals surface area contributed by atoms with Crippen LogP contribution in [0.5, 0.6) is 0 Å². The first-order valence-corrected chi connectivity index (χ1v) is 6.96. The molecule has 1 heterocycles. The van der Waals surface area contributed by atoms with Crippen LogP contribution in [0.4, 0.5) is 0 Å². The third-order valence-corrected chi connectivity index (χ3v) is 3.29. The van der Waals surface area contributed by atoms with E-state index in [1.165, 1.54) is 11.1 Å². The van der Waals surface area contributed by atoms with E-state index in [-0.39, 0.29) is 6.04 Å². The second-order valence-corrected chi connectivity index (χ2v) is 4.79. The molecule has 0 amide bonds. The fraction of sp³-hybridized carbons (Fsp3) is 0.0526. The Morgan fingerprint density at radius 2 is 1.38 bits per heavy atom. The Morgan fingerprint density at radius 1 is 0.762 bits per heavy atom. The van der Waals surface area contributed by atoms with Gasteiger partial charge in [-0.05, 0) is 17.2 Å². The third kappa shape index (κ3) is 3.42. The van der Waals surface area contributed by atoms with Crippen LogP contribution in [0.3, 0.4) is 0 Å². The molecule has 0 atom stereocenters. The second-order valence-electron chi connectivity index (χ2n) is 4.79. The van der Waals surface area contributed by atoms with Crippen molar-refractivity contribution in [1.29, 1.82) is 0 Å². The van der Waals surface area contributed by atoms with Crippen molar-refractivity contribution in [3.8, 4) is 0 Å². The number of pyridine rings is 1. The summed E-state index contributed by atoms with van der Waals surface area (Å²) in [5.74, 6) is 0. The zero-order chi connectivity index (χ0) is 14.3. The maximum atomic E-state index is 4.77. The van der Waals surface area contributed by atoms with Crippen molar-refractivity contribution in [3.63, 3.8) is 0 Å². The topological polar surface area (TPSA) is 25.2 Å². The van der Waals surface area contributed by atoms with Crippen LogP contribution in [0, 0.1) is 0 Å². The zero-order valence-electron chi connectivity index (χ0n) is 11.6. The van der Waals surface area contributed by atoms with Gasteiger partial charge in [-0.2, -0.15) is 0 Å². The van der Waals surface area contributed by atoms with Crippen LogP contribution in [-0.2, 0) is 0 Å². The number of aliphatic imine (C=N–C) groups is 1. The lowest BCUT2D eigenvalue weighted by Gasteiger charge is -2.13. The highest BCUT2D eigenvalue weighted by atomic mass is 14.8. The van der Waals surface area contributed by atoms with Gasteiger partial charge in [0.15, 0.2) is 0 Å². The predicted molar refractivity (Wildman–Crippen MR) is 86.6 cm³/mol. The van der Waals surface area contributed by atoms with Crippen LogP contribution in [-0.4, -0.2) is 11.2 Å². The Hall–Kier alpha value is -2.74. The molecule has 0 N–H and O–H groups in total. The van der Waals surface area contributed by atoms with Gasteiger partial charge in [-0.15, -0.1) is 0 Å². The summed E-state index contributed by atoms with van der Waals surface area (Å²) in [6.07, 6.45) is 5.47. The van der Waals surface area contributed by atoms with Gasteiger partial charge in [0.1, 0.15) is 0 Å². The molecular formula is C19H16N2. The molecule has 3 aromatic rings. The van der Waals surface area contributed by atoms with E-state index in [0.717, 1.165) is 5.56 Å². The summed E-state index contributed by atoms with van der Waals surface area (Å²) in [7, 11) is 0. The molecule has 0 unspecified atom stereocenters.